The average Bonchev–Trinajstić information content (AvgIpc) is 2.87. The smallest absolute Gasteiger partial charge is 0.333 e. The second kappa shape index (κ2) is 5.52. The van der Waals surface area contributed by atoms with Crippen LogP contribution in [0.25, 0.3) is 17.4 Å². The third kappa shape index (κ3) is 3.10. The molecule has 0 unspecified atom stereocenters. The Morgan fingerprint density at radius 3 is 2.63 bits per heavy atom. The van der Waals surface area contributed by atoms with E-state index in [1.165, 1.54) is 12.7 Å². The van der Waals surface area contributed by atoms with Gasteiger partial charge in [0.05, 0.1) is 7.11 Å². The van der Waals surface area contributed by atoms with Gasteiger partial charge in [-0.1, -0.05) is 35.0 Å². The van der Waals surface area contributed by atoms with E-state index in [0.717, 1.165) is 5.56 Å². The standard InChI is InChI=1S/C15H15NO3/c1-10-4-6-12(7-5-10)14-9-13(16-19-14)8-11(2)15(17)18-3/h4-9H,1-3H3/b11-8+. The summed E-state index contributed by atoms with van der Waals surface area (Å²) in [5.41, 5.74) is 3.21. The molecular formula is C15H15NO3. The van der Waals surface area contributed by atoms with Gasteiger partial charge >= 0.3 is 5.97 Å². The molecule has 0 amide bonds. The van der Waals surface area contributed by atoms with E-state index in [9.17, 15) is 4.79 Å². The number of aromatic nitrogens is 1. The maximum atomic E-state index is 11.3. The molecule has 0 atom stereocenters. The molecule has 4 nitrogen and oxygen atoms in total. The fourth-order valence-electron chi connectivity index (χ4n) is 1.65. The Kier molecular flexibility index (Phi) is 3.80. The van der Waals surface area contributed by atoms with E-state index in [2.05, 4.69) is 9.89 Å². The SMILES string of the molecule is COC(=O)/C(C)=C/c1cc(-c2ccc(C)cc2)on1. The van der Waals surface area contributed by atoms with Crippen molar-refractivity contribution in [3.63, 3.8) is 0 Å². The summed E-state index contributed by atoms with van der Waals surface area (Å²) in [6.45, 7) is 3.70. The van der Waals surface area contributed by atoms with Gasteiger partial charge in [-0.25, -0.2) is 4.79 Å². The zero-order chi connectivity index (χ0) is 13.8. The molecule has 0 N–H and O–H groups in total. The number of aryl methyl sites for hydroxylation is 1. The molecule has 0 spiro atoms. The van der Waals surface area contributed by atoms with Crippen LogP contribution in [0.15, 0.2) is 40.4 Å². The van der Waals surface area contributed by atoms with Crippen molar-refractivity contribution in [3.05, 3.63) is 47.2 Å². The number of esters is 1. The van der Waals surface area contributed by atoms with E-state index >= 15 is 0 Å². The number of benzene rings is 1. The summed E-state index contributed by atoms with van der Waals surface area (Å²) in [7, 11) is 1.35. The molecule has 1 heterocycles. The highest BCUT2D eigenvalue weighted by molar-refractivity contribution is 5.92. The molecule has 0 bridgehead atoms. The molecule has 0 aliphatic rings. The van der Waals surface area contributed by atoms with Crippen molar-refractivity contribution in [1.29, 1.82) is 0 Å². The summed E-state index contributed by atoms with van der Waals surface area (Å²) in [5, 5.41) is 3.91. The summed E-state index contributed by atoms with van der Waals surface area (Å²) < 4.78 is 9.88. The Hall–Kier alpha value is -2.36. The molecule has 0 aliphatic heterocycles. The Morgan fingerprint density at radius 2 is 2.00 bits per heavy atom. The van der Waals surface area contributed by atoms with Crippen LogP contribution in [0.2, 0.25) is 0 Å². The quantitative estimate of drug-likeness (QED) is 0.625. The highest BCUT2D eigenvalue weighted by atomic mass is 16.5. The highest BCUT2D eigenvalue weighted by Crippen LogP contribution is 2.21. The van der Waals surface area contributed by atoms with E-state index in [-0.39, 0.29) is 5.97 Å². The predicted octanol–water partition coefficient (Wildman–Crippen LogP) is 3.23. The maximum absolute atomic E-state index is 11.3. The molecule has 0 aliphatic carbocycles. The van der Waals surface area contributed by atoms with Crippen LogP contribution in [0.5, 0.6) is 0 Å². The van der Waals surface area contributed by atoms with Crippen LogP contribution in [-0.2, 0) is 9.53 Å². The molecular weight excluding hydrogens is 242 g/mol. The highest BCUT2D eigenvalue weighted by Gasteiger charge is 2.08. The normalized spacial score (nSPS) is 11.4. The second-order valence-electron chi connectivity index (χ2n) is 4.30. The molecule has 1 aromatic heterocycles. The lowest BCUT2D eigenvalue weighted by Crippen LogP contribution is -2.00. The first-order chi connectivity index (χ1) is 9.10. The lowest BCUT2D eigenvalue weighted by Gasteiger charge is -1.96. The summed E-state index contributed by atoms with van der Waals surface area (Å²) in [4.78, 5) is 11.3. The van der Waals surface area contributed by atoms with E-state index in [1.807, 2.05) is 31.2 Å². The fourth-order valence-corrected chi connectivity index (χ4v) is 1.65. The third-order valence-corrected chi connectivity index (χ3v) is 2.74. The lowest BCUT2D eigenvalue weighted by molar-refractivity contribution is -0.135. The minimum absolute atomic E-state index is 0.375. The van der Waals surface area contributed by atoms with E-state index in [4.69, 9.17) is 4.52 Å². The molecule has 0 saturated carbocycles. The van der Waals surface area contributed by atoms with Gasteiger partial charge < -0.3 is 9.26 Å². The summed E-state index contributed by atoms with van der Waals surface area (Å²) in [6, 6.07) is 9.74. The average molecular weight is 257 g/mol. The molecule has 0 radical (unpaired) electrons. The van der Waals surface area contributed by atoms with Crippen LogP contribution in [0.3, 0.4) is 0 Å². The van der Waals surface area contributed by atoms with Crippen molar-refractivity contribution in [1.82, 2.24) is 5.16 Å². The zero-order valence-corrected chi connectivity index (χ0v) is 11.1. The van der Waals surface area contributed by atoms with Crippen molar-refractivity contribution in [2.45, 2.75) is 13.8 Å². The van der Waals surface area contributed by atoms with Gasteiger partial charge in [-0.3, -0.25) is 0 Å². The predicted molar refractivity (Wildman–Crippen MR) is 72.3 cm³/mol. The Labute approximate surface area is 111 Å². The summed E-state index contributed by atoms with van der Waals surface area (Å²) in [5.74, 6) is 0.295. The Morgan fingerprint density at radius 1 is 1.32 bits per heavy atom. The van der Waals surface area contributed by atoms with Crippen molar-refractivity contribution in [2.24, 2.45) is 0 Å². The van der Waals surface area contributed by atoms with E-state index < -0.39 is 0 Å². The molecule has 0 saturated heterocycles. The van der Waals surface area contributed by atoms with E-state index in [1.54, 1.807) is 19.1 Å². The summed E-state index contributed by atoms with van der Waals surface area (Å²) >= 11 is 0. The maximum Gasteiger partial charge on any atom is 0.333 e. The molecule has 0 fully saturated rings. The van der Waals surface area contributed by atoms with Gasteiger partial charge in [0.2, 0.25) is 0 Å². The van der Waals surface area contributed by atoms with Crippen molar-refractivity contribution >= 4 is 12.0 Å². The van der Waals surface area contributed by atoms with Gasteiger partial charge in [0, 0.05) is 17.2 Å². The van der Waals surface area contributed by atoms with Crippen LogP contribution in [-0.4, -0.2) is 18.2 Å². The van der Waals surface area contributed by atoms with Crippen LogP contribution in [0.1, 0.15) is 18.2 Å². The number of nitrogens with zero attached hydrogens (tertiary/aromatic N) is 1. The van der Waals surface area contributed by atoms with Crippen molar-refractivity contribution in [2.75, 3.05) is 7.11 Å². The van der Waals surface area contributed by atoms with Crippen molar-refractivity contribution < 1.29 is 14.1 Å². The molecule has 2 aromatic rings. The number of ether oxygens (including phenoxy) is 1. The fraction of sp³-hybridized carbons (Fsp3) is 0.200. The van der Waals surface area contributed by atoms with Gasteiger partial charge in [-0.15, -0.1) is 0 Å². The second-order valence-corrected chi connectivity index (χ2v) is 4.30. The van der Waals surface area contributed by atoms with Crippen molar-refractivity contribution in [3.8, 4) is 11.3 Å². The molecule has 1 aromatic carbocycles. The topological polar surface area (TPSA) is 52.3 Å². The van der Waals surface area contributed by atoms with Gasteiger partial charge in [0.1, 0.15) is 5.69 Å². The number of carbonyl (C=O) groups is 1. The molecule has 4 heteroatoms. The van der Waals surface area contributed by atoms with Crippen LogP contribution < -0.4 is 0 Å². The minimum Gasteiger partial charge on any atom is -0.466 e. The summed E-state index contributed by atoms with van der Waals surface area (Å²) in [6.07, 6.45) is 1.63. The minimum atomic E-state index is -0.375. The van der Waals surface area contributed by atoms with Gasteiger partial charge in [-0.2, -0.15) is 0 Å². The molecule has 2 rings (SSSR count). The van der Waals surface area contributed by atoms with Gasteiger partial charge in [0.15, 0.2) is 5.76 Å². The largest absolute Gasteiger partial charge is 0.466 e. The third-order valence-electron chi connectivity index (χ3n) is 2.74. The zero-order valence-electron chi connectivity index (χ0n) is 11.1. The number of rotatable bonds is 3. The van der Waals surface area contributed by atoms with Crippen LogP contribution in [0.4, 0.5) is 0 Å². The lowest BCUT2D eigenvalue weighted by atomic mass is 10.1. The van der Waals surface area contributed by atoms with Gasteiger partial charge in [0.25, 0.3) is 0 Å². The molecule has 19 heavy (non-hydrogen) atoms. The Balaban J connectivity index is 2.24. The monoisotopic (exact) mass is 257 g/mol. The number of carbonyl (C=O) groups excluding carboxylic acids is 1. The first kappa shape index (κ1) is 13.1. The first-order valence-corrected chi connectivity index (χ1v) is 5.90. The number of hydrogen-bond donors (Lipinski definition) is 0. The van der Waals surface area contributed by atoms with Crippen LogP contribution >= 0.6 is 0 Å². The van der Waals surface area contributed by atoms with E-state index in [0.29, 0.717) is 17.0 Å². The first-order valence-electron chi connectivity index (χ1n) is 5.90. The number of hydrogen-bond acceptors (Lipinski definition) is 4. The van der Waals surface area contributed by atoms with Crippen LogP contribution in [0, 0.1) is 6.92 Å². The van der Waals surface area contributed by atoms with Gasteiger partial charge in [-0.05, 0) is 19.9 Å². The Bertz CT molecular complexity index is 609. The molecule has 98 valence electrons. The number of methoxy groups -OCH3 is 1.